The zero-order chi connectivity index (χ0) is 20.7. The summed E-state index contributed by atoms with van der Waals surface area (Å²) in [5.74, 6) is 0.100. The van der Waals surface area contributed by atoms with Crippen LogP contribution in [-0.2, 0) is 4.74 Å². The maximum absolute atomic E-state index is 12.9. The van der Waals surface area contributed by atoms with Gasteiger partial charge in [0.25, 0.3) is 0 Å². The molecule has 0 spiro atoms. The minimum absolute atomic E-state index is 0.0406. The zero-order valence-electron chi connectivity index (χ0n) is 16.4. The fourth-order valence-electron chi connectivity index (χ4n) is 4.60. The van der Waals surface area contributed by atoms with E-state index < -0.39 is 0 Å². The van der Waals surface area contributed by atoms with Gasteiger partial charge in [0, 0.05) is 21.7 Å². The molecule has 2 saturated heterocycles. The molecule has 3 heterocycles. The number of halogens is 2. The first-order valence-electron chi connectivity index (χ1n) is 10.4. The van der Waals surface area contributed by atoms with E-state index in [0.29, 0.717) is 44.2 Å². The molecule has 0 N–H and O–H groups in total. The highest BCUT2D eigenvalue weighted by Gasteiger charge is 2.35. The molecule has 0 aliphatic carbocycles. The largest absolute Gasteiger partial charge is 0.457 e. The fraction of sp³-hybridized carbons (Fsp3) is 0.391. The van der Waals surface area contributed by atoms with Gasteiger partial charge in [0.1, 0.15) is 11.6 Å². The number of piperidine rings is 2. The Morgan fingerprint density at radius 1 is 1.03 bits per heavy atom. The Labute approximate surface area is 184 Å². The van der Waals surface area contributed by atoms with Crippen molar-refractivity contribution in [3.63, 3.8) is 0 Å². The number of oxazole rings is 1. The number of benzene rings is 2. The summed E-state index contributed by atoms with van der Waals surface area (Å²) in [4.78, 5) is 19.8. The molecule has 3 aromatic rings. The Morgan fingerprint density at radius 3 is 2.67 bits per heavy atom. The van der Waals surface area contributed by atoms with Gasteiger partial charge in [-0.05, 0) is 75.2 Å². The molecular weight excluding hydrogens is 423 g/mol. The molecule has 0 bridgehead atoms. The van der Waals surface area contributed by atoms with Crippen molar-refractivity contribution in [2.45, 2.75) is 44.2 Å². The molecule has 2 aliphatic rings. The summed E-state index contributed by atoms with van der Waals surface area (Å²) in [6.45, 7) is 2.22. The Bertz CT molecular complexity index is 1070. The van der Waals surface area contributed by atoms with Gasteiger partial charge >= 0.3 is 5.97 Å². The predicted octanol–water partition coefficient (Wildman–Crippen LogP) is 5.98. The standard InChI is InChI=1S/C23H22Cl2N2O3/c24-16-10-15(11-17(25)13-16)22-26-18-7-6-14(12-21(18)29-22)23(28)30-20-5-3-9-27-8-2-1-4-19(20)27/h6-7,10-13,19-20H,1-5,8-9H2/t19-,20+/m1/s1. The maximum atomic E-state index is 12.9. The second kappa shape index (κ2) is 8.22. The van der Waals surface area contributed by atoms with Gasteiger partial charge in [0.2, 0.25) is 5.89 Å². The number of hydrogen-bond donors (Lipinski definition) is 0. The van der Waals surface area contributed by atoms with E-state index in [4.69, 9.17) is 32.4 Å². The number of aromatic nitrogens is 1. The van der Waals surface area contributed by atoms with Gasteiger partial charge in [-0.1, -0.05) is 29.6 Å². The van der Waals surface area contributed by atoms with Crippen molar-refractivity contribution in [2.75, 3.05) is 13.1 Å². The Morgan fingerprint density at radius 2 is 1.83 bits per heavy atom. The van der Waals surface area contributed by atoms with E-state index in [1.807, 2.05) is 0 Å². The van der Waals surface area contributed by atoms with Crippen LogP contribution in [-0.4, -0.2) is 41.1 Å². The summed E-state index contributed by atoms with van der Waals surface area (Å²) < 4.78 is 11.8. The van der Waals surface area contributed by atoms with Crippen molar-refractivity contribution in [3.05, 3.63) is 52.0 Å². The van der Waals surface area contributed by atoms with Crippen LogP contribution in [0.1, 0.15) is 42.5 Å². The molecule has 156 valence electrons. The van der Waals surface area contributed by atoms with E-state index in [1.54, 1.807) is 36.4 Å². The number of nitrogens with zero attached hydrogens (tertiary/aromatic N) is 2. The molecule has 2 atom stereocenters. The molecule has 7 heteroatoms. The lowest BCUT2D eigenvalue weighted by molar-refractivity contribution is -0.0342. The molecule has 2 aliphatic heterocycles. The van der Waals surface area contributed by atoms with Crippen molar-refractivity contribution >= 4 is 40.3 Å². The van der Waals surface area contributed by atoms with Crippen LogP contribution in [0.15, 0.2) is 40.8 Å². The van der Waals surface area contributed by atoms with Gasteiger partial charge in [-0.25, -0.2) is 9.78 Å². The van der Waals surface area contributed by atoms with E-state index in [0.717, 1.165) is 32.4 Å². The first kappa shape index (κ1) is 19.9. The Balaban J connectivity index is 1.37. The molecule has 30 heavy (non-hydrogen) atoms. The molecule has 5 nitrogen and oxygen atoms in total. The quantitative estimate of drug-likeness (QED) is 0.465. The van der Waals surface area contributed by atoms with E-state index in [9.17, 15) is 4.79 Å². The van der Waals surface area contributed by atoms with Crippen LogP contribution in [0.25, 0.3) is 22.6 Å². The minimum Gasteiger partial charge on any atom is -0.457 e. The van der Waals surface area contributed by atoms with Crippen LogP contribution < -0.4 is 0 Å². The number of hydrogen-bond acceptors (Lipinski definition) is 5. The Hall–Kier alpha value is -2.08. The minimum atomic E-state index is -0.307. The lowest BCUT2D eigenvalue weighted by Gasteiger charge is -2.43. The smallest absolute Gasteiger partial charge is 0.338 e. The number of carbonyl (C=O) groups excluding carboxylic acids is 1. The highest BCUT2D eigenvalue weighted by molar-refractivity contribution is 6.35. The molecule has 0 amide bonds. The van der Waals surface area contributed by atoms with Crippen molar-refractivity contribution in [1.29, 1.82) is 0 Å². The highest BCUT2D eigenvalue weighted by atomic mass is 35.5. The lowest BCUT2D eigenvalue weighted by Crippen LogP contribution is -2.51. The summed E-state index contributed by atoms with van der Waals surface area (Å²) in [5, 5.41) is 1.02. The molecule has 0 radical (unpaired) electrons. The molecule has 1 aromatic heterocycles. The summed E-state index contributed by atoms with van der Waals surface area (Å²) in [7, 11) is 0. The van der Waals surface area contributed by atoms with E-state index >= 15 is 0 Å². The van der Waals surface area contributed by atoms with Crippen LogP contribution in [0, 0.1) is 0 Å². The van der Waals surface area contributed by atoms with Crippen molar-refractivity contribution in [2.24, 2.45) is 0 Å². The third kappa shape index (κ3) is 3.94. The van der Waals surface area contributed by atoms with Gasteiger partial charge in [-0.2, -0.15) is 0 Å². The molecule has 5 rings (SSSR count). The van der Waals surface area contributed by atoms with Gasteiger partial charge in [0.05, 0.1) is 5.56 Å². The summed E-state index contributed by atoms with van der Waals surface area (Å²) in [6.07, 6.45) is 5.50. The molecule has 0 unspecified atom stereocenters. The molecular formula is C23H22Cl2N2O3. The van der Waals surface area contributed by atoms with E-state index in [2.05, 4.69) is 9.88 Å². The topological polar surface area (TPSA) is 55.6 Å². The number of fused-ring (bicyclic) bond motifs is 2. The number of ether oxygens (including phenoxy) is 1. The van der Waals surface area contributed by atoms with Crippen molar-refractivity contribution in [3.8, 4) is 11.5 Å². The second-order valence-electron chi connectivity index (χ2n) is 8.04. The van der Waals surface area contributed by atoms with Crippen LogP contribution >= 0.6 is 23.2 Å². The highest BCUT2D eigenvalue weighted by Crippen LogP contribution is 2.31. The first-order valence-corrected chi connectivity index (χ1v) is 11.1. The number of esters is 1. The van der Waals surface area contributed by atoms with Gasteiger partial charge in [0.15, 0.2) is 5.58 Å². The van der Waals surface area contributed by atoms with Crippen LogP contribution in [0.5, 0.6) is 0 Å². The normalized spacial score (nSPS) is 22.1. The zero-order valence-corrected chi connectivity index (χ0v) is 18.0. The third-order valence-electron chi connectivity index (χ3n) is 6.02. The van der Waals surface area contributed by atoms with Gasteiger partial charge in [-0.3, -0.25) is 4.90 Å². The summed E-state index contributed by atoms with van der Waals surface area (Å²) in [5.41, 5.74) is 2.35. The van der Waals surface area contributed by atoms with Crippen LogP contribution in [0.3, 0.4) is 0 Å². The SMILES string of the molecule is O=C(O[C@H]1CCCN2CCCC[C@H]12)c1ccc2nc(-c3cc(Cl)cc(Cl)c3)oc2c1. The maximum Gasteiger partial charge on any atom is 0.338 e. The molecule has 2 aromatic carbocycles. The van der Waals surface area contributed by atoms with Crippen LogP contribution in [0.2, 0.25) is 10.0 Å². The van der Waals surface area contributed by atoms with Crippen molar-refractivity contribution < 1.29 is 13.9 Å². The van der Waals surface area contributed by atoms with E-state index in [1.165, 1.54) is 12.8 Å². The predicted molar refractivity (Wildman–Crippen MR) is 117 cm³/mol. The summed E-state index contributed by atoms with van der Waals surface area (Å²) >= 11 is 12.2. The van der Waals surface area contributed by atoms with E-state index in [-0.39, 0.29) is 12.1 Å². The van der Waals surface area contributed by atoms with Crippen LogP contribution in [0.4, 0.5) is 0 Å². The van der Waals surface area contributed by atoms with Gasteiger partial charge in [-0.15, -0.1) is 0 Å². The molecule has 0 saturated carbocycles. The second-order valence-corrected chi connectivity index (χ2v) is 8.92. The lowest BCUT2D eigenvalue weighted by atomic mass is 9.90. The first-order chi connectivity index (χ1) is 14.6. The third-order valence-corrected chi connectivity index (χ3v) is 6.46. The summed E-state index contributed by atoms with van der Waals surface area (Å²) in [6, 6.07) is 10.7. The van der Waals surface area contributed by atoms with Gasteiger partial charge < -0.3 is 9.15 Å². The average Bonchev–Trinajstić information content (AvgIpc) is 3.17. The number of carbonyl (C=O) groups is 1. The number of rotatable bonds is 3. The van der Waals surface area contributed by atoms with Crippen molar-refractivity contribution in [1.82, 2.24) is 9.88 Å². The Kier molecular flexibility index (Phi) is 5.44. The average molecular weight is 445 g/mol. The fourth-order valence-corrected chi connectivity index (χ4v) is 5.12. The monoisotopic (exact) mass is 444 g/mol. The molecule has 2 fully saturated rings.